The Bertz CT molecular complexity index is 326. The number of carbonyl (C=O) groups is 1. The van der Waals surface area contributed by atoms with Crippen LogP contribution >= 0.6 is 0 Å². The van der Waals surface area contributed by atoms with Gasteiger partial charge in [0.15, 0.2) is 0 Å². The number of carbonyl (C=O) groups excluding carboxylic acids is 1. The second kappa shape index (κ2) is 5.80. The first-order chi connectivity index (χ1) is 8.98. The lowest BCUT2D eigenvalue weighted by molar-refractivity contribution is -0.133. The van der Waals surface area contributed by atoms with Crippen LogP contribution in [0.5, 0.6) is 0 Å². The molecule has 0 bridgehead atoms. The first-order valence-electron chi connectivity index (χ1n) is 7.68. The van der Waals surface area contributed by atoms with Gasteiger partial charge in [-0.3, -0.25) is 10.1 Å². The molecule has 4 heteroatoms. The normalized spacial score (nSPS) is 35.6. The SMILES string of the molecule is CCC1(C)NC(C(C)C)N(CCC2CCCO2)C1=O. The van der Waals surface area contributed by atoms with Gasteiger partial charge < -0.3 is 9.64 Å². The zero-order chi connectivity index (χ0) is 14.0. The van der Waals surface area contributed by atoms with Gasteiger partial charge in [0.25, 0.3) is 0 Å². The van der Waals surface area contributed by atoms with Gasteiger partial charge >= 0.3 is 0 Å². The molecule has 2 saturated heterocycles. The molecule has 3 atom stereocenters. The predicted octanol–water partition coefficient (Wildman–Crippen LogP) is 2.14. The summed E-state index contributed by atoms with van der Waals surface area (Å²) < 4.78 is 5.66. The molecule has 2 fully saturated rings. The van der Waals surface area contributed by atoms with Gasteiger partial charge in [0.1, 0.15) is 0 Å². The third-order valence-electron chi connectivity index (χ3n) is 4.59. The van der Waals surface area contributed by atoms with Gasteiger partial charge in [0.2, 0.25) is 5.91 Å². The lowest BCUT2D eigenvalue weighted by atomic mass is 9.99. The second-order valence-corrected chi connectivity index (χ2v) is 6.44. The third kappa shape index (κ3) is 2.95. The van der Waals surface area contributed by atoms with E-state index in [-0.39, 0.29) is 17.6 Å². The van der Waals surface area contributed by atoms with Gasteiger partial charge in [-0.2, -0.15) is 0 Å². The molecule has 19 heavy (non-hydrogen) atoms. The summed E-state index contributed by atoms with van der Waals surface area (Å²) in [6, 6.07) is 0. The molecule has 0 saturated carbocycles. The van der Waals surface area contributed by atoms with Crippen molar-refractivity contribution in [1.29, 1.82) is 0 Å². The topological polar surface area (TPSA) is 41.6 Å². The second-order valence-electron chi connectivity index (χ2n) is 6.44. The van der Waals surface area contributed by atoms with E-state index in [1.807, 2.05) is 11.8 Å². The highest BCUT2D eigenvalue weighted by molar-refractivity contribution is 5.88. The van der Waals surface area contributed by atoms with Gasteiger partial charge in [-0.15, -0.1) is 0 Å². The van der Waals surface area contributed by atoms with Gasteiger partial charge in [-0.1, -0.05) is 20.8 Å². The fraction of sp³-hybridized carbons (Fsp3) is 0.933. The Balaban J connectivity index is 2.00. The summed E-state index contributed by atoms with van der Waals surface area (Å²) in [5.74, 6) is 0.688. The van der Waals surface area contributed by atoms with Crippen LogP contribution in [0, 0.1) is 5.92 Å². The zero-order valence-electron chi connectivity index (χ0n) is 12.7. The fourth-order valence-corrected chi connectivity index (χ4v) is 3.08. The number of ether oxygens (including phenoxy) is 1. The van der Waals surface area contributed by atoms with Gasteiger partial charge in [0.05, 0.1) is 17.8 Å². The number of nitrogens with zero attached hydrogens (tertiary/aromatic N) is 1. The highest BCUT2D eigenvalue weighted by Gasteiger charge is 2.47. The average molecular weight is 268 g/mol. The summed E-state index contributed by atoms with van der Waals surface area (Å²) in [6.45, 7) is 10.1. The lowest BCUT2D eigenvalue weighted by Gasteiger charge is -2.28. The summed E-state index contributed by atoms with van der Waals surface area (Å²) in [5.41, 5.74) is -0.383. The smallest absolute Gasteiger partial charge is 0.243 e. The average Bonchev–Trinajstić information content (AvgIpc) is 2.97. The van der Waals surface area contributed by atoms with Gasteiger partial charge in [0, 0.05) is 13.2 Å². The number of hydrogen-bond donors (Lipinski definition) is 1. The van der Waals surface area contributed by atoms with E-state index in [4.69, 9.17) is 4.74 Å². The first kappa shape index (κ1) is 14.8. The minimum absolute atomic E-state index is 0.166. The van der Waals surface area contributed by atoms with Crippen molar-refractivity contribution in [1.82, 2.24) is 10.2 Å². The molecule has 0 radical (unpaired) electrons. The highest BCUT2D eigenvalue weighted by atomic mass is 16.5. The van der Waals surface area contributed by atoms with Crippen molar-refractivity contribution in [2.24, 2.45) is 5.92 Å². The highest BCUT2D eigenvalue weighted by Crippen LogP contribution is 2.28. The van der Waals surface area contributed by atoms with Crippen LogP contribution in [0.4, 0.5) is 0 Å². The molecule has 3 unspecified atom stereocenters. The van der Waals surface area contributed by atoms with E-state index in [1.165, 1.54) is 0 Å². The largest absolute Gasteiger partial charge is 0.378 e. The standard InChI is InChI=1S/C15H28N2O2/c1-5-15(4)14(18)17(13(16-15)11(2)3)9-8-12-7-6-10-19-12/h11-13,16H,5-10H2,1-4H3. The quantitative estimate of drug-likeness (QED) is 0.830. The Morgan fingerprint density at radius 1 is 1.53 bits per heavy atom. The minimum atomic E-state index is -0.383. The van der Waals surface area contributed by atoms with E-state index in [0.29, 0.717) is 12.0 Å². The van der Waals surface area contributed by atoms with Crippen molar-refractivity contribution >= 4 is 5.91 Å². The molecule has 2 aliphatic rings. The van der Waals surface area contributed by atoms with Crippen LogP contribution in [0.15, 0.2) is 0 Å². The van der Waals surface area contributed by atoms with Crippen LogP contribution in [-0.4, -0.2) is 41.8 Å². The Kier molecular flexibility index (Phi) is 4.51. The van der Waals surface area contributed by atoms with E-state index < -0.39 is 0 Å². The van der Waals surface area contributed by atoms with Crippen molar-refractivity contribution in [3.8, 4) is 0 Å². The van der Waals surface area contributed by atoms with Gasteiger partial charge in [-0.05, 0) is 38.5 Å². The van der Waals surface area contributed by atoms with Crippen LogP contribution in [-0.2, 0) is 9.53 Å². The molecule has 4 nitrogen and oxygen atoms in total. The Morgan fingerprint density at radius 3 is 2.79 bits per heavy atom. The van der Waals surface area contributed by atoms with E-state index in [2.05, 4.69) is 26.1 Å². The molecule has 0 aromatic carbocycles. The summed E-state index contributed by atoms with van der Waals surface area (Å²) in [7, 11) is 0. The maximum atomic E-state index is 12.6. The molecule has 0 aliphatic carbocycles. The van der Waals surface area contributed by atoms with Gasteiger partial charge in [-0.25, -0.2) is 0 Å². The molecule has 0 aromatic rings. The van der Waals surface area contributed by atoms with E-state index in [9.17, 15) is 4.79 Å². The number of amides is 1. The van der Waals surface area contributed by atoms with Crippen molar-refractivity contribution in [2.75, 3.05) is 13.2 Å². The molecule has 2 aliphatic heterocycles. The Labute approximate surface area is 116 Å². The van der Waals surface area contributed by atoms with Crippen LogP contribution in [0.25, 0.3) is 0 Å². The zero-order valence-corrected chi connectivity index (χ0v) is 12.7. The number of rotatable bonds is 5. The molecular weight excluding hydrogens is 240 g/mol. The summed E-state index contributed by atoms with van der Waals surface area (Å²) in [6.07, 6.45) is 4.64. The Morgan fingerprint density at radius 2 is 2.26 bits per heavy atom. The van der Waals surface area contributed by atoms with Crippen LogP contribution in [0.3, 0.4) is 0 Å². The van der Waals surface area contributed by atoms with Crippen LogP contribution in [0.1, 0.15) is 53.4 Å². The monoisotopic (exact) mass is 268 g/mol. The maximum absolute atomic E-state index is 12.6. The van der Waals surface area contributed by atoms with Crippen molar-refractivity contribution in [3.05, 3.63) is 0 Å². The molecular formula is C15H28N2O2. The van der Waals surface area contributed by atoms with E-state index in [0.717, 1.165) is 38.8 Å². The molecule has 2 rings (SSSR count). The number of hydrogen-bond acceptors (Lipinski definition) is 3. The summed E-state index contributed by atoms with van der Waals surface area (Å²) >= 11 is 0. The predicted molar refractivity (Wildman–Crippen MR) is 75.8 cm³/mol. The summed E-state index contributed by atoms with van der Waals surface area (Å²) in [4.78, 5) is 14.6. The fourth-order valence-electron chi connectivity index (χ4n) is 3.08. The lowest BCUT2D eigenvalue weighted by Crippen LogP contribution is -2.45. The van der Waals surface area contributed by atoms with Crippen LogP contribution in [0.2, 0.25) is 0 Å². The molecule has 1 N–H and O–H groups in total. The van der Waals surface area contributed by atoms with E-state index in [1.54, 1.807) is 0 Å². The van der Waals surface area contributed by atoms with Crippen LogP contribution < -0.4 is 5.32 Å². The van der Waals surface area contributed by atoms with E-state index >= 15 is 0 Å². The van der Waals surface area contributed by atoms with Crippen molar-refractivity contribution in [2.45, 2.75) is 71.2 Å². The maximum Gasteiger partial charge on any atom is 0.243 e. The minimum Gasteiger partial charge on any atom is -0.378 e. The van der Waals surface area contributed by atoms with Crippen molar-refractivity contribution < 1.29 is 9.53 Å². The molecule has 0 aromatic heterocycles. The van der Waals surface area contributed by atoms with Crippen molar-refractivity contribution in [3.63, 3.8) is 0 Å². The molecule has 0 spiro atoms. The molecule has 1 amide bonds. The molecule has 2 heterocycles. The molecule has 110 valence electrons. The Hall–Kier alpha value is -0.610. The summed E-state index contributed by atoms with van der Waals surface area (Å²) in [5, 5.41) is 3.53. The third-order valence-corrected chi connectivity index (χ3v) is 4.59. The first-order valence-corrected chi connectivity index (χ1v) is 7.68. The number of nitrogens with one attached hydrogen (secondary N) is 1.